The SMILES string of the molecule is [Se]=C1CON=N1. The number of hydrogen-bond donors (Lipinski definition) is 0. The Morgan fingerprint density at radius 3 is 2.83 bits per heavy atom. The van der Waals surface area contributed by atoms with Crippen LogP contribution in [0.5, 0.6) is 0 Å². The van der Waals surface area contributed by atoms with Crippen LogP contribution in [0.25, 0.3) is 0 Å². The molecule has 1 heterocycles. The standard InChI is InChI=1S/C2H2N2OSe/c6-2-1-5-4-3-2/h1H2. The summed E-state index contributed by atoms with van der Waals surface area (Å²) in [4.78, 5) is 4.45. The Labute approximate surface area is 42.7 Å². The van der Waals surface area contributed by atoms with Crippen LogP contribution in [-0.4, -0.2) is 26.7 Å². The second-order valence-electron chi connectivity index (χ2n) is 0.849. The molecule has 0 atom stereocenters. The second-order valence-corrected chi connectivity index (χ2v) is 1.84. The molecule has 0 saturated carbocycles. The van der Waals surface area contributed by atoms with Crippen molar-refractivity contribution in [1.82, 2.24) is 0 Å². The first-order chi connectivity index (χ1) is 2.89. The van der Waals surface area contributed by atoms with E-state index in [2.05, 4.69) is 30.8 Å². The topological polar surface area (TPSA) is 34.0 Å². The summed E-state index contributed by atoms with van der Waals surface area (Å²) in [6, 6.07) is 0. The van der Waals surface area contributed by atoms with Gasteiger partial charge in [-0.2, -0.15) is 0 Å². The molecule has 32 valence electrons. The molecule has 1 aliphatic heterocycles. The normalized spacial score (nSPS) is 18.3. The van der Waals surface area contributed by atoms with E-state index in [-0.39, 0.29) is 0 Å². The van der Waals surface area contributed by atoms with E-state index in [0.717, 1.165) is 4.54 Å². The number of rotatable bonds is 0. The molecule has 0 unspecified atom stereocenters. The first kappa shape index (κ1) is 3.96. The van der Waals surface area contributed by atoms with Crippen molar-refractivity contribution in [3.05, 3.63) is 0 Å². The van der Waals surface area contributed by atoms with Gasteiger partial charge < -0.3 is 0 Å². The van der Waals surface area contributed by atoms with Gasteiger partial charge in [-0.1, -0.05) is 0 Å². The molecule has 0 aliphatic carbocycles. The molecule has 0 radical (unpaired) electrons. The van der Waals surface area contributed by atoms with E-state index in [0.29, 0.717) is 6.61 Å². The van der Waals surface area contributed by atoms with Gasteiger partial charge in [-0.25, -0.2) is 0 Å². The summed E-state index contributed by atoms with van der Waals surface area (Å²) < 4.78 is 0.815. The Kier molecular flexibility index (Phi) is 0.985. The minimum absolute atomic E-state index is 0.514. The Morgan fingerprint density at radius 1 is 1.83 bits per heavy atom. The fraction of sp³-hybridized carbons (Fsp3) is 0.500. The molecule has 4 heteroatoms. The van der Waals surface area contributed by atoms with Gasteiger partial charge in [-0.05, 0) is 0 Å². The maximum atomic E-state index is 4.45. The quantitative estimate of drug-likeness (QED) is 0.434. The summed E-state index contributed by atoms with van der Waals surface area (Å²) in [5.74, 6) is 0. The van der Waals surface area contributed by atoms with Gasteiger partial charge in [0, 0.05) is 0 Å². The van der Waals surface area contributed by atoms with E-state index >= 15 is 0 Å². The first-order valence-electron chi connectivity index (χ1n) is 1.45. The van der Waals surface area contributed by atoms with Crippen LogP contribution in [-0.2, 0) is 4.84 Å². The van der Waals surface area contributed by atoms with E-state index in [4.69, 9.17) is 0 Å². The van der Waals surface area contributed by atoms with Crippen LogP contribution in [0.15, 0.2) is 10.4 Å². The summed E-state index contributed by atoms with van der Waals surface area (Å²) in [6.07, 6.45) is 0. The molecule has 0 N–H and O–H groups in total. The summed E-state index contributed by atoms with van der Waals surface area (Å²) in [5.41, 5.74) is 0. The van der Waals surface area contributed by atoms with Gasteiger partial charge in [0.2, 0.25) is 0 Å². The average Bonchev–Trinajstić information content (AvgIpc) is 1.86. The van der Waals surface area contributed by atoms with E-state index in [1.54, 1.807) is 0 Å². The van der Waals surface area contributed by atoms with Crippen LogP contribution >= 0.6 is 0 Å². The third-order valence-corrected chi connectivity index (χ3v) is 0.817. The van der Waals surface area contributed by atoms with E-state index in [1.165, 1.54) is 0 Å². The molecule has 0 aromatic rings. The van der Waals surface area contributed by atoms with Crippen LogP contribution in [0.2, 0.25) is 0 Å². The van der Waals surface area contributed by atoms with Crippen LogP contribution < -0.4 is 0 Å². The Morgan fingerprint density at radius 2 is 2.67 bits per heavy atom. The number of hydrogen-bond acceptors (Lipinski definition) is 3. The van der Waals surface area contributed by atoms with Crippen molar-refractivity contribution in [2.45, 2.75) is 0 Å². The van der Waals surface area contributed by atoms with Crippen LogP contribution in [0.4, 0.5) is 0 Å². The van der Waals surface area contributed by atoms with Crippen molar-refractivity contribution in [3.8, 4) is 0 Å². The van der Waals surface area contributed by atoms with Gasteiger partial charge in [0.25, 0.3) is 0 Å². The van der Waals surface area contributed by atoms with Crippen LogP contribution in [0.1, 0.15) is 0 Å². The minimum atomic E-state index is 0.514. The van der Waals surface area contributed by atoms with Gasteiger partial charge in [-0.3, -0.25) is 0 Å². The molecule has 0 aromatic heterocycles. The molecular formula is C2H2N2OSe. The van der Waals surface area contributed by atoms with E-state index in [1.807, 2.05) is 0 Å². The van der Waals surface area contributed by atoms with Crippen LogP contribution in [0.3, 0.4) is 0 Å². The third-order valence-electron chi connectivity index (χ3n) is 0.398. The summed E-state index contributed by atoms with van der Waals surface area (Å²) in [7, 11) is 0. The van der Waals surface area contributed by atoms with E-state index in [9.17, 15) is 0 Å². The Balaban J connectivity index is 2.59. The molecule has 6 heavy (non-hydrogen) atoms. The van der Waals surface area contributed by atoms with Crippen molar-refractivity contribution in [2.24, 2.45) is 10.4 Å². The molecule has 0 aromatic carbocycles. The molecule has 0 amide bonds. The van der Waals surface area contributed by atoms with Gasteiger partial charge in [0.15, 0.2) is 0 Å². The summed E-state index contributed by atoms with van der Waals surface area (Å²) in [5, 5.41) is 6.72. The van der Waals surface area contributed by atoms with Gasteiger partial charge in [0.05, 0.1) is 0 Å². The van der Waals surface area contributed by atoms with Crippen LogP contribution in [0, 0.1) is 0 Å². The first-order valence-corrected chi connectivity index (χ1v) is 2.31. The van der Waals surface area contributed by atoms with Crippen molar-refractivity contribution >= 4 is 20.1 Å². The third kappa shape index (κ3) is 0.640. The van der Waals surface area contributed by atoms with Crippen molar-refractivity contribution in [1.29, 1.82) is 0 Å². The molecule has 0 spiro atoms. The molecule has 0 fully saturated rings. The Bertz CT molecular complexity index is 99.7. The fourth-order valence-corrected chi connectivity index (χ4v) is 0.368. The molecule has 1 rings (SSSR count). The molecule has 0 bridgehead atoms. The van der Waals surface area contributed by atoms with Crippen molar-refractivity contribution in [3.63, 3.8) is 0 Å². The monoisotopic (exact) mass is 150 g/mol. The summed E-state index contributed by atoms with van der Waals surface area (Å²) >= 11 is 2.67. The van der Waals surface area contributed by atoms with E-state index < -0.39 is 0 Å². The summed E-state index contributed by atoms with van der Waals surface area (Å²) in [6.45, 7) is 0.514. The van der Waals surface area contributed by atoms with Gasteiger partial charge in [-0.15, -0.1) is 0 Å². The zero-order valence-electron chi connectivity index (χ0n) is 2.92. The second kappa shape index (κ2) is 1.49. The predicted octanol–water partition coefficient (Wildman–Crippen LogP) is -0.318. The zero-order chi connectivity index (χ0) is 4.41. The molecular weight excluding hydrogens is 147 g/mol. The maximum absolute atomic E-state index is 4.45. The molecule has 1 aliphatic rings. The van der Waals surface area contributed by atoms with Crippen molar-refractivity contribution in [2.75, 3.05) is 6.61 Å². The molecule has 3 nitrogen and oxygen atoms in total. The number of nitrogens with zero attached hydrogens (tertiary/aromatic N) is 2. The average molecular weight is 149 g/mol. The Hall–Kier alpha value is -0.211. The van der Waals surface area contributed by atoms with Gasteiger partial charge in [0.1, 0.15) is 0 Å². The molecule has 0 saturated heterocycles. The van der Waals surface area contributed by atoms with Gasteiger partial charge >= 0.3 is 42.0 Å². The zero-order valence-corrected chi connectivity index (χ0v) is 4.63. The predicted molar refractivity (Wildman–Crippen MR) is 21.6 cm³/mol. The fourth-order valence-electron chi connectivity index (χ4n) is 0.187. The van der Waals surface area contributed by atoms with Crippen molar-refractivity contribution < 1.29 is 4.84 Å².